The van der Waals surface area contributed by atoms with Crippen LogP contribution < -0.4 is 44.9 Å². The summed E-state index contributed by atoms with van der Waals surface area (Å²) in [5.74, 6) is -12.0. The number of nitriles is 1. The Morgan fingerprint density at radius 1 is 0.460 bits per heavy atom. The molecule has 13 rings (SSSR count). The lowest BCUT2D eigenvalue weighted by atomic mass is 9.89. The summed E-state index contributed by atoms with van der Waals surface area (Å²) in [6, 6.07) is 19.6. The van der Waals surface area contributed by atoms with Crippen LogP contribution in [0.3, 0.4) is 0 Å². The maximum absolute atomic E-state index is 14.8. The van der Waals surface area contributed by atoms with Crippen molar-refractivity contribution in [1.82, 2.24) is 16.0 Å². The molecule has 5 N–H and O–H groups in total. The molecule has 0 aliphatic carbocycles. The number of nitrogens with zero attached hydrogens (tertiary/aromatic N) is 1. The van der Waals surface area contributed by atoms with E-state index in [0.717, 1.165) is 63.1 Å². The fraction of sp³-hybridized carbons (Fsp3) is 0.291. The lowest BCUT2D eigenvalue weighted by Crippen LogP contribution is -2.44. The molecule has 9 aromatic carbocycles. The van der Waals surface area contributed by atoms with E-state index in [1.54, 1.807) is 42.5 Å². The van der Waals surface area contributed by atoms with Gasteiger partial charge in [0.1, 0.15) is 87.4 Å². The van der Waals surface area contributed by atoms with Crippen molar-refractivity contribution in [2.75, 3.05) is 64.1 Å². The molecule has 21 nitrogen and oxygen atoms in total. The number of alkyl halides is 3. The second-order valence-corrected chi connectivity index (χ2v) is 32.7. The molecule has 654 valence electrons. The number of hydrogen-bond acceptors (Lipinski definition) is 17. The van der Waals surface area contributed by atoms with Gasteiger partial charge in [0.15, 0.2) is 11.6 Å². The number of nitrogens with one attached hydrogen (secondary N) is 5. The van der Waals surface area contributed by atoms with Crippen LogP contribution in [0, 0.1) is 52.1 Å². The number of sulfonamides is 1. The first-order valence-electron chi connectivity index (χ1n) is 37.7. The van der Waals surface area contributed by atoms with Crippen LogP contribution in [0.4, 0.5) is 55.3 Å². The molecule has 0 bridgehead atoms. The molecule has 4 heterocycles. The number of amides is 3. The van der Waals surface area contributed by atoms with Crippen LogP contribution in [-0.4, -0.2) is 128 Å². The van der Waals surface area contributed by atoms with Crippen LogP contribution in [0.1, 0.15) is 108 Å². The van der Waals surface area contributed by atoms with Gasteiger partial charge in [-0.1, -0.05) is 112 Å². The van der Waals surface area contributed by atoms with Gasteiger partial charge in [0.05, 0.1) is 107 Å². The molecule has 0 saturated heterocycles. The van der Waals surface area contributed by atoms with Crippen molar-refractivity contribution in [2.24, 2.45) is 0 Å². The van der Waals surface area contributed by atoms with Crippen molar-refractivity contribution < 1.29 is 114 Å². The van der Waals surface area contributed by atoms with Crippen LogP contribution in [0.15, 0.2) is 109 Å². The predicted molar refractivity (Wildman–Crippen MR) is 443 cm³/mol. The molecule has 38 heteroatoms. The molecule has 0 unspecified atom stereocenters. The monoisotopic (exact) mass is 1860 g/mol. The van der Waals surface area contributed by atoms with Crippen molar-refractivity contribution in [3.63, 3.8) is 0 Å². The van der Waals surface area contributed by atoms with E-state index in [0.29, 0.717) is 174 Å². The zero-order chi connectivity index (χ0) is 90.1. The fourth-order valence-electron chi connectivity index (χ4n) is 14.5. The summed E-state index contributed by atoms with van der Waals surface area (Å²) in [5.41, 5.74) is 4.36. The third kappa shape index (κ3) is 21.7. The Labute approximate surface area is 733 Å². The maximum Gasteiger partial charge on any atom is 0.408 e. The molecule has 9 aromatic rings. The number of fused-ring (bicyclic) bond motifs is 4. The topological polar surface area (TPSA) is 285 Å². The Balaban J connectivity index is 0.000000181. The average Bonchev–Trinajstić information content (AvgIpc) is 0.706. The number of anilines is 2. The molecule has 0 radical (unpaired) electrons. The molecule has 3 amide bonds. The Bertz CT molecular complexity index is 5780. The van der Waals surface area contributed by atoms with Crippen LogP contribution >= 0.6 is 69.6 Å². The quantitative estimate of drug-likeness (QED) is 0.0239. The molecule has 0 saturated carbocycles. The predicted octanol–water partition coefficient (Wildman–Crippen LogP) is 18.4. The third-order valence-corrected chi connectivity index (χ3v) is 22.6. The summed E-state index contributed by atoms with van der Waals surface area (Å²) in [5, 5.41) is 19.3. The van der Waals surface area contributed by atoms with Crippen LogP contribution in [0.25, 0.3) is 33.4 Å². The molecule has 4 atom stereocenters. The average molecular weight is 1860 g/mol. The number of methoxy groups -OCH3 is 3. The van der Waals surface area contributed by atoms with Crippen LogP contribution in [0.5, 0.6) is 23.0 Å². The molecular weight excluding hydrogens is 1790 g/mol. The van der Waals surface area contributed by atoms with E-state index >= 15 is 0 Å². The van der Waals surface area contributed by atoms with Crippen molar-refractivity contribution in [2.45, 2.75) is 108 Å². The maximum atomic E-state index is 14.8. The minimum atomic E-state index is -4.68. The Morgan fingerprint density at radius 3 is 1.18 bits per heavy atom. The van der Waals surface area contributed by atoms with E-state index in [2.05, 4.69) is 16.0 Å². The number of hydrogen-bond donors (Lipinski definition) is 5. The minimum absolute atomic E-state index is 0.0542. The zero-order valence-electron chi connectivity index (χ0n) is 65.8. The number of halogens is 16. The minimum Gasteiger partial charge on any atom is -0.493 e. The summed E-state index contributed by atoms with van der Waals surface area (Å²) < 4.78 is 204. The highest BCUT2D eigenvalue weighted by Crippen LogP contribution is 2.49. The summed E-state index contributed by atoms with van der Waals surface area (Å²) >= 11 is 37.9. The number of carbonyl (C=O) groups excluding carboxylic acids is 6. The normalized spacial score (nSPS) is 14.1. The van der Waals surface area contributed by atoms with Crippen molar-refractivity contribution in [3.8, 4) is 62.4 Å². The smallest absolute Gasteiger partial charge is 0.408 e. The summed E-state index contributed by atoms with van der Waals surface area (Å²) in [4.78, 5) is 77.0. The van der Waals surface area contributed by atoms with Crippen LogP contribution in [-0.2, 0) is 83.6 Å². The molecule has 0 spiro atoms. The molecule has 0 fully saturated rings. The molecular formula is C86H72Cl6F10N6O15S. The second kappa shape index (κ2) is 40.4. The zero-order valence-corrected chi connectivity index (χ0v) is 71.2. The Hall–Kier alpha value is -10.9. The van der Waals surface area contributed by atoms with Gasteiger partial charge in [-0.2, -0.15) is 18.4 Å². The van der Waals surface area contributed by atoms with E-state index < -0.39 is 139 Å². The third-order valence-electron chi connectivity index (χ3n) is 20.2. The number of ether oxygens (including phenoxy) is 7. The van der Waals surface area contributed by atoms with Crippen molar-refractivity contribution in [1.29, 1.82) is 5.26 Å². The van der Waals surface area contributed by atoms with Gasteiger partial charge < -0.3 is 54.4 Å². The van der Waals surface area contributed by atoms with E-state index in [9.17, 15) is 86.4 Å². The Morgan fingerprint density at radius 2 is 0.806 bits per heavy atom. The summed E-state index contributed by atoms with van der Waals surface area (Å²) in [6.07, 6.45) is 0.534. The van der Waals surface area contributed by atoms with E-state index in [4.69, 9.17) is 103 Å². The van der Waals surface area contributed by atoms with E-state index in [1.807, 2.05) is 16.1 Å². The van der Waals surface area contributed by atoms with Crippen molar-refractivity contribution in [3.05, 3.63) is 241 Å². The van der Waals surface area contributed by atoms with Gasteiger partial charge in [-0.3, -0.25) is 19.1 Å². The molecule has 124 heavy (non-hydrogen) atoms. The lowest BCUT2D eigenvalue weighted by molar-refractivity contribution is -0.143. The molecule has 0 aromatic heterocycles. The SMILES string of the molecule is COC(=O)[C@H](Cc1ccc(-c2c(Cl)cc(C#N)cc2Cl)c2c1CCCO2)NC(=O)c1c(F)cc(N[C@H](C)C(F)(F)F)cc1F.COC(=O)[C@H](Cc1ccc(-c2c(Cl)cc(F)cc2Cl)c2c1CCCO2)NC(=O)c1c(F)cc(NS(C)(=O)=O)cc1F.COC(=O)[C@H](Cc1ccc(-c2cc(F)c(F)c3c2OCCC3)c2c1CCCO2)NC(=O)c1c(Cl)cccc1Cl. The Kier molecular flexibility index (Phi) is 30.5. The lowest BCUT2D eigenvalue weighted by Gasteiger charge is -2.27. The van der Waals surface area contributed by atoms with E-state index in [1.165, 1.54) is 31.4 Å². The van der Waals surface area contributed by atoms with Gasteiger partial charge in [0, 0.05) is 63.9 Å². The standard InChI is InChI=1S/C30H24Cl2F5N3O4.C29H25Cl2F2NO5.C27H23Cl2F3N2O6S/c1-14(30(35,36)37)39-17-11-22(33)26(23(34)12-17)28(41)40-24(29(42)43-2)10-16-5-6-19(27-18(16)4-3-7-44-27)25-20(31)8-15(13-38)9-21(25)32;1-37-29(36)23(34-28(35)24-20(30)7-2-8-21(24)31)13-15-9-10-17(26-16(15)5-3-11-38-26)19-14-22(32)25(33)18-6-4-12-39-27(18)19;1-39-27(36)22(33-26(35)24-20(31)11-15(12-21(24)32)34-41(2,37)38)8-13-5-6-17(25-16(13)4-3-7-40-25)23-18(28)9-14(30)10-19(23)29/h5-6,8-9,11-12,14,24,39H,3-4,7,10H2,1-2H3,(H,40,41);2,7-10,14,23H,3-6,11-13H2,1H3,(H,34,35);5-6,9-12,22,34H,3-4,7-8H2,1-2H3,(H,33,35)/t14-,24+;23-;22-/m100/s1. The summed E-state index contributed by atoms with van der Waals surface area (Å²) in [7, 11) is -0.437. The number of rotatable bonds is 22. The molecule has 4 aliphatic heterocycles. The van der Waals surface area contributed by atoms with Gasteiger partial charge in [0.2, 0.25) is 10.0 Å². The van der Waals surface area contributed by atoms with Gasteiger partial charge in [-0.25, -0.2) is 53.5 Å². The fourth-order valence-corrected chi connectivity index (χ4v) is 17.0. The van der Waals surface area contributed by atoms with Gasteiger partial charge in [0.25, 0.3) is 17.7 Å². The highest BCUT2D eigenvalue weighted by atomic mass is 35.5. The second-order valence-electron chi connectivity index (χ2n) is 28.5. The first-order chi connectivity index (χ1) is 58.8. The highest BCUT2D eigenvalue weighted by Gasteiger charge is 2.39. The largest absolute Gasteiger partial charge is 0.493 e. The van der Waals surface area contributed by atoms with Gasteiger partial charge >= 0.3 is 24.1 Å². The van der Waals surface area contributed by atoms with E-state index in [-0.39, 0.29) is 66.1 Å². The van der Waals surface area contributed by atoms with Crippen LogP contribution in [0.2, 0.25) is 30.1 Å². The van der Waals surface area contributed by atoms with Crippen molar-refractivity contribution >= 4 is 127 Å². The molecule has 4 aliphatic rings. The number of benzene rings is 9. The first kappa shape index (κ1) is 93.8. The first-order valence-corrected chi connectivity index (χ1v) is 41.9. The summed E-state index contributed by atoms with van der Waals surface area (Å²) in [6.45, 7) is 2.36. The van der Waals surface area contributed by atoms with Gasteiger partial charge in [-0.15, -0.1) is 0 Å². The van der Waals surface area contributed by atoms with Gasteiger partial charge in [-0.05, 0) is 158 Å². The highest BCUT2D eigenvalue weighted by molar-refractivity contribution is 7.92. The number of esters is 3. The number of carbonyl (C=O) groups is 6.